The molecule has 1 aromatic rings. The molecule has 2 aliphatic rings. The zero-order valence-electron chi connectivity index (χ0n) is 17.3. The lowest BCUT2D eigenvalue weighted by Crippen LogP contribution is -2.46. The molecule has 1 aliphatic heterocycles. The number of anilines is 1. The smallest absolute Gasteiger partial charge is 0.309 e. The van der Waals surface area contributed by atoms with E-state index in [9.17, 15) is 9.59 Å². The highest BCUT2D eigenvalue weighted by atomic mass is 16.5. The number of nitrogens with one attached hydrogen (secondary N) is 1. The van der Waals surface area contributed by atoms with Gasteiger partial charge < -0.3 is 15.0 Å². The Bertz CT molecular complexity index is 750. The van der Waals surface area contributed by atoms with Crippen LogP contribution >= 0.6 is 0 Å². The summed E-state index contributed by atoms with van der Waals surface area (Å²) in [6.07, 6.45) is 6.59. The van der Waals surface area contributed by atoms with Crippen LogP contribution in [0.4, 0.5) is 5.82 Å². The highest BCUT2D eigenvalue weighted by Gasteiger charge is 2.30. The van der Waals surface area contributed by atoms with Gasteiger partial charge in [-0.3, -0.25) is 9.59 Å². The van der Waals surface area contributed by atoms with Gasteiger partial charge in [0.2, 0.25) is 0 Å². The Morgan fingerprint density at radius 2 is 1.97 bits per heavy atom. The molecule has 3 atom stereocenters. The monoisotopic (exact) mass is 398 g/mol. The van der Waals surface area contributed by atoms with Crippen LogP contribution in [0.3, 0.4) is 0 Å². The fourth-order valence-corrected chi connectivity index (χ4v) is 4.14. The van der Waals surface area contributed by atoms with Gasteiger partial charge in [0.15, 0.2) is 6.10 Å². The van der Waals surface area contributed by atoms with E-state index >= 15 is 0 Å². The summed E-state index contributed by atoms with van der Waals surface area (Å²) < 4.78 is 5.48. The number of nitriles is 1. The summed E-state index contributed by atoms with van der Waals surface area (Å²) in [5, 5.41) is 11.9. The molecule has 3 rings (SSSR count). The number of pyridine rings is 1. The van der Waals surface area contributed by atoms with Crippen molar-refractivity contribution in [3.8, 4) is 6.07 Å². The average molecular weight is 399 g/mol. The van der Waals surface area contributed by atoms with E-state index in [1.54, 1.807) is 19.2 Å². The Hall–Kier alpha value is -2.62. The summed E-state index contributed by atoms with van der Waals surface area (Å²) >= 11 is 0. The molecule has 1 saturated heterocycles. The number of esters is 1. The Morgan fingerprint density at radius 3 is 2.59 bits per heavy atom. The van der Waals surface area contributed by atoms with E-state index in [1.165, 1.54) is 6.42 Å². The van der Waals surface area contributed by atoms with Crippen LogP contribution in [0.25, 0.3) is 0 Å². The Morgan fingerprint density at radius 1 is 1.24 bits per heavy atom. The third-order valence-electron chi connectivity index (χ3n) is 6.13. The summed E-state index contributed by atoms with van der Waals surface area (Å²) in [6.45, 7) is 5.20. The van der Waals surface area contributed by atoms with Crippen LogP contribution in [-0.4, -0.2) is 42.1 Å². The number of aromatic nitrogens is 1. The van der Waals surface area contributed by atoms with Gasteiger partial charge in [0.25, 0.3) is 5.91 Å². The maximum atomic E-state index is 12.5. The fraction of sp³-hybridized carbons (Fsp3) is 0.636. The predicted molar refractivity (Wildman–Crippen MR) is 109 cm³/mol. The van der Waals surface area contributed by atoms with Gasteiger partial charge in [-0.15, -0.1) is 0 Å². The van der Waals surface area contributed by atoms with Gasteiger partial charge in [-0.2, -0.15) is 5.26 Å². The highest BCUT2D eigenvalue weighted by molar-refractivity contribution is 5.84. The van der Waals surface area contributed by atoms with E-state index in [4.69, 9.17) is 10.00 Å². The molecule has 2 heterocycles. The van der Waals surface area contributed by atoms with Crippen molar-refractivity contribution >= 4 is 17.7 Å². The number of hydrogen-bond acceptors (Lipinski definition) is 6. The van der Waals surface area contributed by atoms with Gasteiger partial charge in [-0.05, 0) is 50.7 Å². The summed E-state index contributed by atoms with van der Waals surface area (Å²) in [5.41, 5.74) is 0.530. The Kier molecular flexibility index (Phi) is 7.08. The van der Waals surface area contributed by atoms with E-state index in [1.807, 2.05) is 6.07 Å². The first-order chi connectivity index (χ1) is 14.0. The molecular formula is C22H30N4O3. The molecule has 1 aliphatic carbocycles. The fourth-order valence-electron chi connectivity index (χ4n) is 4.14. The van der Waals surface area contributed by atoms with E-state index in [0.717, 1.165) is 25.1 Å². The molecule has 3 unspecified atom stereocenters. The Labute approximate surface area is 172 Å². The molecule has 156 valence electrons. The number of nitrogens with zero attached hydrogens (tertiary/aromatic N) is 3. The first kappa shape index (κ1) is 21.1. The standard InChI is InChI=1S/C22H30N4O3/c1-15-5-3-4-6-19(15)25-21(27)16(2)29-22(28)18-9-11-26(12-10-18)20-8-7-17(13-23)14-24-20/h7-8,14-16,18-19H,3-6,9-12H2,1-2H3,(H,25,27). The molecule has 0 bridgehead atoms. The van der Waals surface area contributed by atoms with Crippen molar-refractivity contribution in [2.75, 3.05) is 18.0 Å². The van der Waals surface area contributed by atoms with E-state index in [2.05, 4.69) is 28.2 Å². The predicted octanol–water partition coefficient (Wildman–Crippen LogP) is 2.80. The minimum absolute atomic E-state index is 0.181. The molecule has 1 amide bonds. The summed E-state index contributed by atoms with van der Waals surface area (Å²) in [6, 6.07) is 5.82. The zero-order chi connectivity index (χ0) is 20.8. The first-order valence-corrected chi connectivity index (χ1v) is 10.6. The van der Waals surface area contributed by atoms with Crippen LogP contribution in [0.15, 0.2) is 18.3 Å². The van der Waals surface area contributed by atoms with Crippen LogP contribution in [0, 0.1) is 23.2 Å². The van der Waals surface area contributed by atoms with Crippen LogP contribution in [0.2, 0.25) is 0 Å². The van der Waals surface area contributed by atoms with Crippen molar-refractivity contribution in [2.24, 2.45) is 11.8 Å². The van der Waals surface area contributed by atoms with Crippen molar-refractivity contribution in [2.45, 2.75) is 64.5 Å². The van der Waals surface area contributed by atoms with Crippen molar-refractivity contribution in [1.82, 2.24) is 10.3 Å². The van der Waals surface area contributed by atoms with Crippen LogP contribution < -0.4 is 10.2 Å². The zero-order valence-corrected chi connectivity index (χ0v) is 17.3. The number of hydrogen-bond donors (Lipinski definition) is 1. The second-order valence-corrected chi connectivity index (χ2v) is 8.23. The second-order valence-electron chi connectivity index (χ2n) is 8.23. The first-order valence-electron chi connectivity index (χ1n) is 10.6. The minimum atomic E-state index is -0.769. The minimum Gasteiger partial charge on any atom is -0.452 e. The van der Waals surface area contributed by atoms with Crippen LogP contribution in [-0.2, 0) is 14.3 Å². The summed E-state index contributed by atoms with van der Waals surface area (Å²) in [4.78, 5) is 31.4. The maximum Gasteiger partial charge on any atom is 0.309 e. The van der Waals surface area contributed by atoms with E-state index in [-0.39, 0.29) is 23.8 Å². The van der Waals surface area contributed by atoms with Gasteiger partial charge in [0.1, 0.15) is 11.9 Å². The summed E-state index contributed by atoms with van der Waals surface area (Å²) in [7, 11) is 0. The molecule has 0 spiro atoms. The molecule has 29 heavy (non-hydrogen) atoms. The Balaban J connectivity index is 1.45. The lowest BCUT2D eigenvalue weighted by atomic mass is 9.86. The number of carbonyl (C=O) groups is 2. The molecule has 2 fully saturated rings. The van der Waals surface area contributed by atoms with Crippen molar-refractivity contribution in [1.29, 1.82) is 5.26 Å². The van der Waals surface area contributed by atoms with Gasteiger partial charge >= 0.3 is 5.97 Å². The molecule has 0 aromatic carbocycles. The molecule has 1 aromatic heterocycles. The second kappa shape index (κ2) is 9.73. The van der Waals surface area contributed by atoms with Gasteiger partial charge in [-0.1, -0.05) is 19.8 Å². The number of rotatable bonds is 5. The van der Waals surface area contributed by atoms with E-state index < -0.39 is 6.10 Å². The third kappa shape index (κ3) is 5.47. The van der Waals surface area contributed by atoms with E-state index in [0.29, 0.717) is 37.4 Å². The average Bonchev–Trinajstić information content (AvgIpc) is 2.75. The van der Waals surface area contributed by atoms with Crippen molar-refractivity contribution in [3.63, 3.8) is 0 Å². The van der Waals surface area contributed by atoms with Gasteiger partial charge in [0.05, 0.1) is 11.5 Å². The van der Waals surface area contributed by atoms with Gasteiger partial charge in [-0.25, -0.2) is 4.98 Å². The largest absolute Gasteiger partial charge is 0.452 e. The quantitative estimate of drug-likeness (QED) is 0.767. The third-order valence-corrected chi connectivity index (χ3v) is 6.13. The molecule has 7 nitrogen and oxygen atoms in total. The number of amides is 1. The molecule has 1 saturated carbocycles. The molecular weight excluding hydrogens is 368 g/mol. The topological polar surface area (TPSA) is 95.3 Å². The van der Waals surface area contributed by atoms with Crippen molar-refractivity contribution < 1.29 is 14.3 Å². The summed E-state index contributed by atoms with van der Waals surface area (Å²) in [5.74, 6) is 0.586. The number of piperidine rings is 1. The normalized spacial score (nSPS) is 23.7. The molecule has 1 N–H and O–H groups in total. The SMILES string of the molecule is CC(OC(=O)C1CCN(c2ccc(C#N)cn2)CC1)C(=O)NC1CCCCC1C. The number of carbonyl (C=O) groups excluding carboxylic acids is 2. The lowest BCUT2D eigenvalue weighted by Gasteiger charge is -2.32. The molecule has 7 heteroatoms. The molecule has 0 radical (unpaired) electrons. The van der Waals surface area contributed by atoms with Crippen molar-refractivity contribution in [3.05, 3.63) is 23.9 Å². The van der Waals surface area contributed by atoms with Crippen LogP contribution in [0.1, 0.15) is 57.9 Å². The lowest BCUT2D eigenvalue weighted by molar-refractivity contribution is -0.159. The highest BCUT2D eigenvalue weighted by Crippen LogP contribution is 2.25. The maximum absolute atomic E-state index is 12.5. The van der Waals surface area contributed by atoms with Crippen LogP contribution in [0.5, 0.6) is 0 Å². The number of ether oxygens (including phenoxy) is 1. The van der Waals surface area contributed by atoms with Gasteiger partial charge in [0, 0.05) is 25.3 Å².